The van der Waals surface area contributed by atoms with Crippen molar-refractivity contribution >= 4 is 40.5 Å². The van der Waals surface area contributed by atoms with E-state index in [9.17, 15) is 20.0 Å². The molecule has 2 heterocycles. The van der Waals surface area contributed by atoms with Crippen molar-refractivity contribution < 1.29 is 14.8 Å². The number of nitro benzene ring substituents is 1. The first kappa shape index (κ1) is 14.4. The SMILES string of the molecule is O=C(O)C1CC2CCC1N2c1c(Cl)cc([N+](=O)[O-])cc1Cl. The average molecular weight is 331 g/mol. The van der Waals surface area contributed by atoms with E-state index in [0.717, 1.165) is 12.8 Å². The van der Waals surface area contributed by atoms with E-state index in [4.69, 9.17) is 23.2 Å². The molecular formula is C13H12Cl2N2O4. The summed E-state index contributed by atoms with van der Waals surface area (Å²) in [5.74, 6) is -1.26. The van der Waals surface area contributed by atoms with E-state index >= 15 is 0 Å². The summed E-state index contributed by atoms with van der Waals surface area (Å²) in [7, 11) is 0. The molecule has 21 heavy (non-hydrogen) atoms. The number of nitrogens with zero attached hydrogens (tertiary/aromatic N) is 2. The van der Waals surface area contributed by atoms with Gasteiger partial charge in [-0.1, -0.05) is 23.2 Å². The quantitative estimate of drug-likeness (QED) is 0.678. The van der Waals surface area contributed by atoms with Crippen LogP contribution in [0.4, 0.5) is 11.4 Å². The molecule has 1 aromatic carbocycles. The Balaban J connectivity index is 2.02. The topological polar surface area (TPSA) is 83.7 Å². The number of hydrogen-bond acceptors (Lipinski definition) is 4. The number of aliphatic carboxylic acids is 1. The number of rotatable bonds is 3. The standard InChI is InChI=1S/C13H12Cl2N2O4/c14-9-4-7(17(20)21)5-10(15)12(9)16-6-1-2-11(16)8(3-6)13(18)19/h4-6,8,11H,1-3H2,(H,18,19). The van der Waals surface area contributed by atoms with Crippen LogP contribution in [0.25, 0.3) is 0 Å². The van der Waals surface area contributed by atoms with Crippen molar-refractivity contribution in [1.29, 1.82) is 0 Å². The number of halogens is 2. The molecule has 8 heteroatoms. The van der Waals surface area contributed by atoms with Crippen molar-refractivity contribution in [2.45, 2.75) is 31.3 Å². The Morgan fingerprint density at radius 3 is 2.43 bits per heavy atom. The van der Waals surface area contributed by atoms with Gasteiger partial charge in [-0.2, -0.15) is 0 Å². The van der Waals surface area contributed by atoms with Gasteiger partial charge >= 0.3 is 5.97 Å². The Morgan fingerprint density at radius 1 is 1.33 bits per heavy atom. The van der Waals surface area contributed by atoms with Gasteiger partial charge in [-0.05, 0) is 19.3 Å². The van der Waals surface area contributed by atoms with E-state index in [2.05, 4.69) is 0 Å². The van der Waals surface area contributed by atoms with Gasteiger partial charge in [0.15, 0.2) is 0 Å². The number of carbonyl (C=O) groups is 1. The van der Waals surface area contributed by atoms with E-state index in [1.165, 1.54) is 12.1 Å². The fourth-order valence-corrected chi connectivity index (χ4v) is 4.18. The highest BCUT2D eigenvalue weighted by Crippen LogP contribution is 2.49. The minimum atomic E-state index is -0.818. The van der Waals surface area contributed by atoms with Crippen molar-refractivity contribution in [2.24, 2.45) is 5.92 Å². The van der Waals surface area contributed by atoms with Crippen LogP contribution in [0.1, 0.15) is 19.3 Å². The number of benzene rings is 1. The maximum atomic E-state index is 11.3. The number of fused-ring (bicyclic) bond motifs is 2. The minimum absolute atomic E-state index is 0.0764. The van der Waals surface area contributed by atoms with E-state index in [1.807, 2.05) is 4.90 Å². The van der Waals surface area contributed by atoms with E-state index in [1.54, 1.807) is 0 Å². The van der Waals surface area contributed by atoms with Gasteiger partial charge in [0.1, 0.15) is 0 Å². The molecule has 6 nitrogen and oxygen atoms in total. The second-order valence-electron chi connectivity index (χ2n) is 5.40. The highest BCUT2D eigenvalue weighted by molar-refractivity contribution is 6.39. The molecule has 0 amide bonds. The number of carboxylic acids is 1. The molecule has 2 fully saturated rings. The summed E-state index contributed by atoms with van der Waals surface area (Å²) >= 11 is 12.3. The van der Waals surface area contributed by atoms with E-state index in [0.29, 0.717) is 12.1 Å². The van der Waals surface area contributed by atoms with Crippen molar-refractivity contribution in [3.05, 3.63) is 32.3 Å². The molecule has 2 saturated heterocycles. The fourth-order valence-electron chi connectivity index (χ4n) is 3.51. The van der Waals surface area contributed by atoms with Crippen LogP contribution in [-0.2, 0) is 4.79 Å². The maximum Gasteiger partial charge on any atom is 0.308 e. The molecule has 3 rings (SSSR count). The van der Waals surface area contributed by atoms with Gasteiger partial charge in [-0.25, -0.2) is 0 Å². The summed E-state index contributed by atoms with van der Waals surface area (Å²) in [6.45, 7) is 0. The smallest absolute Gasteiger partial charge is 0.308 e. The van der Waals surface area contributed by atoms with Crippen LogP contribution in [-0.4, -0.2) is 28.1 Å². The molecule has 0 aromatic heterocycles. The summed E-state index contributed by atoms with van der Waals surface area (Å²) in [4.78, 5) is 23.5. The largest absolute Gasteiger partial charge is 0.481 e. The van der Waals surface area contributed by atoms with E-state index in [-0.39, 0.29) is 27.8 Å². The molecule has 1 aromatic rings. The third-order valence-corrected chi connectivity index (χ3v) is 4.90. The van der Waals surface area contributed by atoms with Gasteiger partial charge in [0, 0.05) is 24.2 Å². The molecule has 2 aliphatic rings. The Kier molecular flexibility index (Phi) is 3.45. The van der Waals surface area contributed by atoms with Crippen molar-refractivity contribution in [2.75, 3.05) is 4.90 Å². The first-order valence-corrected chi connectivity index (χ1v) is 7.30. The molecule has 2 aliphatic heterocycles. The fraction of sp³-hybridized carbons (Fsp3) is 0.462. The zero-order valence-electron chi connectivity index (χ0n) is 10.8. The van der Waals surface area contributed by atoms with Crippen LogP contribution in [0.15, 0.2) is 12.1 Å². The van der Waals surface area contributed by atoms with Gasteiger partial charge in [-0.15, -0.1) is 0 Å². The lowest BCUT2D eigenvalue weighted by molar-refractivity contribution is -0.384. The molecule has 2 bridgehead atoms. The highest BCUT2D eigenvalue weighted by atomic mass is 35.5. The Hall–Kier alpha value is -1.53. The molecule has 0 aliphatic carbocycles. The van der Waals surface area contributed by atoms with Crippen LogP contribution >= 0.6 is 23.2 Å². The first-order chi connectivity index (χ1) is 9.90. The van der Waals surface area contributed by atoms with Crippen LogP contribution in [0.5, 0.6) is 0 Å². The van der Waals surface area contributed by atoms with E-state index < -0.39 is 16.8 Å². The summed E-state index contributed by atoms with van der Waals surface area (Å²) in [5, 5.41) is 20.5. The van der Waals surface area contributed by atoms with Crippen molar-refractivity contribution in [1.82, 2.24) is 0 Å². The predicted octanol–water partition coefficient (Wildman–Crippen LogP) is 3.34. The number of hydrogen-bond donors (Lipinski definition) is 1. The van der Waals surface area contributed by atoms with Crippen LogP contribution in [0.2, 0.25) is 10.0 Å². The zero-order chi connectivity index (χ0) is 15.3. The lowest BCUT2D eigenvalue weighted by Crippen LogP contribution is -2.33. The lowest BCUT2D eigenvalue weighted by Gasteiger charge is -2.27. The minimum Gasteiger partial charge on any atom is -0.481 e. The molecule has 3 unspecified atom stereocenters. The third kappa shape index (κ3) is 2.22. The number of anilines is 1. The van der Waals surface area contributed by atoms with Crippen LogP contribution in [0.3, 0.4) is 0 Å². The molecule has 112 valence electrons. The lowest BCUT2D eigenvalue weighted by atomic mass is 9.89. The molecule has 0 saturated carbocycles. The van der Waals surface area contributed by atoms with Gasteiger partial charge in [-0.3, -0.25) is 14.9 Å². The predicted molar refractivity (Wildman–Crippen MR) is 78.1 cm³/mol. The van der Waals surface area contributed by atoms with Crippen molar-refractivity contribution in [3.8, 4) is 0 Å². The monoisotopic (exact) mass is 330 g/mol. The Labute approximate surface area is 130 Å². The third-order valence-electron chi connectivity index (χ3n) is 4.32. The number of carboxylic acid groups (broad SMARTS) is 1. The maximum absolute atomic E-state index is 11.3. The van der Waals surface area contributed by atoms with Crippen LogP contribution < -0.4 is 4.90 Å². The number of nitro groups is 1. The summed E-state index contributed by atoms with van der Waals surface area (Å²) in [6, 6.07) is 2.45. The molecular weight excluding hydrogens is 319 g/mol. The molecule has 0 spiro atoms. The van der Waals surface area contributed by atoms with Crippen molar-refractivity contribution in [3.63, 3.8) is 0 Å². The Bertz CT molecular complexity index is 614. The molecule has 1 N–H and O–H groups in total. The van der Waals surface area contributed by atoms with Gasteiger partial charge in [0.05, 0.1) is 26.6 Å². The number of non-ortho nitro benzene ring substituents is 1. The second kappa shape index (κ2) is 5.03. The summed E-state index contributed by atoms with van der Waals surface area (Å²) < 4.78 is 0. The summed E-state index contributed by atoms with van der Waals surface area (Å²) in [5.41, 5.74) is 0.343. The molecule has 3 atom stereocenters. The van der Waals surface area contributed by atoms with Gasteiger partial charge < -0.3 is 10.0 Å². The van der Waals surface area contributed by atoms with Gasteiger partial charge in [0.2, 0.25) is 0 Å². The Morgan fingerprint density at radius 2 is 1.95 bits per heavy atom. The highest BCUT2D eigenvalue weighted by Gasteiger charge is 2.50. The molecule has 0 radical (unpaired) electrons. The van der Waals surface area contributed by atoms with Gasteiger partial charge in [0.25, 0.3) is 5.69 Å². The average Bonchev–Trinajstić information content (AvgIpc) is 2.95. The zero-order valence-corrected chi connectivity index (χ0v) is 12.3. The van der Waals surface area contributed by atoms with Crippen LogP contribution in [0, 0.1) is 16.0 Å². The first-order valence-electron chi connectivity index (χ1n) is 6.54. The normalized spacial score (nSPS) is 27.1. The second-order valence-corrected chi connectivity index (χ2v) is 6.22. The summed E-state index contributed by atoms with van der Waals surface area (Å²) in [6.07, 6.45) is 2.22.